The molecule has 2 N–H and O–H groups in total. The molecule has 0 bridgehead atoms. The average molecular weight is 378 g/mol. The second-order valence-corrected chi connectivity index (χ2v) is 6.55. The lowest BCUT2D eigenvalue weighted by Crippen LogP contribution is -2.37. The molecule has 0 aliphatic carbocycles. The second-order valence-electron chi connectivity index (χ2n) is 6.11. The summed E-state index contributed by atoms with van der Waals surface area (Å²) in [6, 6.07) is 18.1. The third-order valence-electron chi connectivity index (χ3n) is 4.15. The van der Waals surface area contributed by atoms with Crippen LogP contribution in [0.15, 0.2) is 72.6 Å². The van der Waals surface area contributed by atoms with E-state index in [0.717, 1.165) is 5.56 Å². The summed E-state index contributed by atoms with van der Waals surface area (Å²) in [6.45, 7) is 0.346. The Hall–Kier alpha value is -3.31. The Morgan fingerprint density at radius 1 is 1.11 bits per heavy atom. The van der Waals surface area contributed by atoms with Crippen LogP contribution < -0.4 is 15.4 Å². The van der Waals surface area contributed by atoms with Crippen molar-refractivity contribution in [3.8, 4) is 5.75 Å². The van der Waals surface area contributed by atoms with Crippen molar-refractivity contribution in [3.05, 3.63) is 88.9 Å². The second kappa shape index (κ2) is 7.13. The minimum atomic E-state index is -0.265. The van der Waals surface area contributed by atoms with Crippen molar-refractivity contribution in [2.75, 3.05) is 10.6 Å². The molecule has 2 aromatic carbocycles. The fraction of sp³-hybridized carbons (Fsp3) is 0.0476. The Labute approximate surface area is 161 Å². The van der Waals surface area contributed by atoms with Gasteiger partial charge in [-0.05, 0) is 48.0 Å². The molecule has 3 aromatic rings. The number of hydrogen-bond donors (Lipinski definition) is 1. The number of carbonyl (C=O) groups is 1. The van der Waals surface area contributed by atoms with E-state index in [1.807, 2.05) is 36.4 Å². The van der Waals surface area contributed by atoms with Crippen molar-refractivity contribution in [3.63, 3.8) is 0 Å². The highest BCUT2D eigenvalue weighted by atomic mass is 35.5. The average Bonchev–Trinajstić information content (AvgIpc) is 2.66. The van der Waals surface area contributed by atoms with E-state index in [-0.39, 0.29) is 11.7 Å². The van der Waals surface area contributed by atoms with E-state index in [2.05, 4.69) is 4.98 Å². The number of benzene rings is 2. The Bertz CT molecular complexity index is 1030. The zero-order valence-corrected chi connectivity index (χ0v) is 15.1. The van der Waals surface area contributed by atoms with Crippen LogP contribution in [0.2, 0.25) is 5.02 Å². The fourth-order valence-electron chi connectivity index (χ4n) is 2.90. The third kappa shape index (κ3) is 3.64. The normalized spacial score (nSPS) is 14.8. The van der Waals surface area contributed by atoms with Gasteiger partial charge in [-0.25, -0.2) is 0 Å². The summed E-state index contributed by atoms with van der Waals surface area (Å²) >= 11 is 6.09. The van der Waals surface area contributed by atoms with Crippen molar-refractivity contribution >= 4 is 35.0 Å². The van der Waals surface area contributed by atoms with Gasteiger partial charge in [-0.1, -0.05) is 29.8 Å². The van der Waals surface area contributed by atoms with Gasteiger partial charge in [0, 0.05) is 23.0 Å². The predicted molar refractivity (Wildman–Crippen MR) is 106 cm³/mol. The zero-order valence-electron chi connectivity index (χ0n) is 14.3. The number of aromatic nitrogens is 1. The number of fused-ring (bicyclic) bond motifs is 1. The number of ether oxygens (including phenoxy) is 1. The number of halogens is 1. The number of hydrogen-bond acceptors (Lipinski definition) is 4. The number of carbonyl (C=O) groups excluding carboxylic acids is 1. The van der Waals surface area contributed by atoms with Crippen LogP contribution in [0.5, 0.6) is 5.75 Å². The first-order chi connectivity index (χ1) is 13.1. The Kier molecular flexibility index (Phi) is 4.52. The molecule has 4 rings (SSSR count). The minimum Gasteiger partial charge on any atom is -0.449 e. The molecule has 1 amide bonds. The number of pyridine rings is 1. The first-order valence-corrected chi connectivity index (χ1v) is 8.74. The molecular weight excluding hydrogens is 362 g/mol. The smallest absolute Gasteiger partial charge is 0.294 e. The number of nitrogen functional groups attached to an aromatic ring is 1. The van der Waals surface area contributed by atoms with Gasteiger partial charge >= 0.3 is 0 Å². The highest BCUT2D eigenvalue weighted by Gasteiger charge is 2.30. The van der Waals surface area contributed by atoms with E-state index < -0.39 is 0 Å². The van der Waals surface area contributed by atoms with Gasteiger partial charge in [-0.2, -0.15) is 0 Å². The lowest BCUT2D eigenvalue weighted by Gasteiger charge is -2.31. The van der Waals surface area contributed by atoms with Gasteiger partial charge < -0.3 is 10.5 Å². The number of rotatable bonds is 3. The number of nitrogens with zero attached hydrogens (tertiary/aromatic N) is 2. The van der Waals surface area contributed by atoms with E-state index in [9.17, 15) is 4.79 Å². The van der Waals surface area contributed by atoms with Gasteiger partial charge in [0.1, 0.15) is 0 Å². The fourth-order valence-corrected chi connectivity index (χ4v) is 3.11. The summed E-state index contributed by atoms with van der Waals surface area (Å²) in [4.78, 5) is 19.0. The molecule has 0 atom stereocenters. The van der Waals surface area contributed by atoms with E-state index in [1.54, 1.807) is 41.4 Å². The lowest BCUT2D eigenvalue weighted by atomic mass is 10.1. The topological polar surface area (TPSA) is 68.5 Å². The number of amides is 1. The van der Waals surface area contributed by atoms with Crippen LogP contribution in [0.4, 0.5) is 11.4 Å². The van der Waals surface area contributed by atoms with Gasteiger partial charge in [0.2, 0.25) is 0 Å². The van der Waals surface area contributed by atoms with E-state index in [1.165, 1.54) is 0 Å². The first-order valence-electron chi connectivity index (χ1n) is 8.36. The van der Waals surface area contributed by atoms with E-state index in [0.29, 0.717) is 34.4 Å². The Morgan fingerprint density at radius 2 is 2.00 bits per heavy atom. The van der Waals surface area contributed by atoms with Gasteiger partial charge in [-0.15, -0.1) is 0 Å². The molecule has 1 aliphatic heterocycles. The summed E-state index contributed by atoms with van der Waals surface area (Å²) in [5.74, 6) is 0.500. The standard InChI is InChI=1S/C21H16ClN3O2/c22-15-5-3-4-14(10-15)13-25-18-11-16(23)7-8-19(18)27-20(21(25)26)12-17-6-1-2-9-24-17/h1-12H,13,23H2/b20-12+. The van der Waals surface area contributed by atoms with Crippen LogP contribution in [-0.2, 0) is 11.3 Å². The molecule has 2 heterocycles. The molecule has 1 aromatic heterocycles. The predicted octanol–water partition coefficient (Wildman–Crippen LogP) is 4.28. The summed E-state index contributed by atoms with van der Waals surface area (Å²) in [7, 11) is 0. The molecule has 0 saturated heterocycles. The molecular formula is C21H16ClN3O2. The van der Waals surface area contributed by atoms with Crippen LogP contribution in [0, 0.1) is 0 Å². The SMILES string of the molecule is Nc1ccc2c(c1)N(Cc1cccc(Cl)c1)C(=O)/C(=C\c1ccccn1)O2. The number of nitrogens with two attached hydrogens (primary N) is 1. The maximum Gasteiger partial charge on any atom is 0.294 e. The molecule has 27 heavy (non-hydrogen) atoms. The van der Waals surface area contributed by atoms with Crippen LogP contribution in [-0.4, -0.2) is 10.9 Å². The molecule has 6 heteroatoms. The van der Waals surface area contributed by atoms with Crippen LogP contribution in [0.25, 0.3) is 6.08 Å². The highest BCUT2D eigenvalue weighted by molar-refractivity contribution is 6.30. The highest BCUT2D eigenvalue weighted by Crippen LogP contribution is 2.38. The van der Waals surface area contributed by atoms with Gasteiger partial charge in [0.15, 0.2) is 11.5 Å². The van der Waals surface area contributed by atoms with Gasteiger partial charge in [0.05, 0.1) is 17.9 Å². The van der Waals surface area contributed by atoms with Crippen molar-refractivity contribution < 1.29 is 9.53 Å². The van der Waals surface area contributed by atoms with Gasteiger partial charge in [0.25, 0.3) is 5.91 Å². The zero-order chi connectivity index (χ0) is 18.8. The van der Waals surface area contributed by atoms with Gasteiger partial charge in [-0.3, -0.25) is 14.7 Å². The van der Waals surface area contributed by atoms with Crippen LogP contribution >= 0.6 is 11.6 Å². The molecule has 5 nitrogen and oxygen atoms in total. The van der Waals surface area contributed by atoms with Crippen LogP contribution in [0.3, 0.4) is 0 Å². The minimum absolute atomic E-state index is 0.202. The molecule has 1 aliphatic rings. The maximum atomic E-state index is 13.1. The maximum absolute atomic E-state index is 13.1. The molecule has 134 valence electrons. The summed E-state index contributed by atoms with van der Waals surface area (Å²) in [5.41, 5.74) is 8.65. The monoisotopic (exact) mass is 377 g/mol. The molecule has 0 fully saturated rings. The Morgan fingerprint density at radius 3 is 2.78 bits per heavy atom. The molecule has 0 radical (unpaired) electrons. The largest absolute Gasteiger partial charge is 0.449 e. The lowest BCUT2D eigenvalue weighted by molar-refractivity contribution is -0.117. The van der Waals surface area contributed by atoms with Crippen LogP contribution in [0.1, 0.15) is 11.3 Å². The van der Waals surface area contributed by atoms with Crippen molar-refractivity contribution in [2.45, 2.75) is 6.54 Å². The van der Waals surface area contributed by atoms with Crippen molar-refractivity contribution in [1.29, 1.82) is 0 Å². The molecule has 0 spiro atoms. The Balaban J connectivity index is 1.76. The molecule has 0 saturated carbocycles. The summed E-state index contributed by atoms with van der Waals surface area (Å²) < 4.78 is 5.84. The first kappa shape index (κ1) is 17.1. The van der Waals surface area contributed by atoms with E-state index in [4.69, 9.17) is 22.1 Å². The third-order valence-corrected chi connectivity index (χ3v) is 4.38. The van der Waals surface area contributed by atoms with Crippen molar-refractivity contribution in [2.24, 2.45) is 0 Å². The van der Waals surface area contributed by atoms with Crippen molar-refractivity contribution in [1.82, 2.24) is 4.98 Å². The quantitative estimate of drug-likeness (QED) is 0.546. The number of anilines is 2. The molecule has 0 unspecified atom stereocenters. The summed E-state index contributed by atoms with van der Waals surface area (Å²) in [5, 5.41) is 0.616. The van der Waals surface area contributed by atoms with E-state index >= 15 is 0 Å². The summed E-state index contributed by atoms with van der Waals surface area (Å²) in [6.07, 6.45) is 3.30.